The van der Waals surface area contributed by atoms with Gasteiger partial charge in [0.1, 0.15) is 5.60 Å². The summed E-state index contributed by atoms with van der Waals surface area (Å²) in [7, 11) is 1.62. The second kappa shape index (κ2) is 12.6. The minimum Gasteiger partial charge on any atom is -0.481 e. The van der Waals surface area contributed by atoms with E-state index in [0.29, 0.717) is 18.3 Å². The number of aromatic nitrogens is 1. The molecule has 1 aliphatic carbocycles. The van der Waals surface area contributed by atoms with Gasteiger partial charge in [-0.1, -0.05) is 0 Å². The Morgan fingerprint density at radius 3 is 2.55 bits per heavy atom. The number of likely N-dealkylation sites (tertiary alicyclic amines) is 1. The van der Waals surface area contributed by atoms with Gasteiger partial charge in [-0.2, -0.15) is 0 Å². The van der Waals surface area contributed by atoms with E-state index in [2.05, 4.69) is 22.1 Å². The second-order valence-electron chi connectivity index (χ2n) is 9.67. The molecule has 186 valence electrons. The van der Waals surface area contributed by atoms with Crippen LogP contribution in [0, 0.1) is 5.92 Å². The van der Waals surface area contributed by atoms with E-state index in [-0.39, 0.29) is 36.1 Å². The summed E-state index contributed by atoms with van der Waals surface area (Å²) in [5, 5.41) is 3.42. The highest BCUT2D eigenvalue weighted by molar-refractivity contribution is 14.0. The highest BCUT2D eigenvalue weighted by atomic mass is 127. The van der Waals surface area contributed by atoms with Gasteiger partial charge in [0.2, 0.25) is 5.88 Å². The maximum Gasteiger partial charge on any atom is 0.410 e. The number of halogens is 1. The van der Waals surface area contributed by atoms with E-state index in [1.807, 2.05) is 37.8 Å². The zero-order valence-electron chi connectivity index (χ0n) is 20.7. The van der Waals surface area contributed by atoms with Crippen LogP contribution in [0.25, 0.3) is 0 Å². The van der Waals surface area contributed by atoms with Crippen LogP contribution in [0.3, 0.4) is 0 Å². The minimum absolute atomic E-state index is 0. The largest absolute Gasteiger partial charge is 0.481 e. The summed E-state index contributed by atoms with van der Waals surface area (Å²) in [4.78, 5) is 26.2. The molecular weight excluding hydrogens is 533 g/mol. The average Bonchev–Trinajstić information content (AvgIpc) is 3.58. The molecule has 8 nitrogen and oxygen atoms in total. The molecule has 1 aromatic rings. The third-order valence-corrected chi connectivity index (χ3v) is 5.74. The predicted molar refractivity (Wildman–Crippen MR) is 141 cm³/mol. The number of pyridine rings is 1. The zero-order valence-corrected chi connectivity index (χ0v) is 23.0. The van der Waals surface area contributed by atoms with Crippen molar-refractivity contribution in [2.24, 2.45) is 10.9 Å². The molecule has 33 heavy (non-hydrogen) atoms. The van der Waals surface area contributed by atoms with E-state index >= 15 is 0 Å². The summed E-state index contributed by atoms with van der Waals surface area (Å²) in [5.74, 6) is 2.14. The molecule has 0 unspecified atom stereocenters. The van der Waals surface area contributed by atoms with E-state index < -0.39 is 5.60 Å². The van der Waals surface area contributed by atoms with Crippen molar-refractivity contribution in [3.63, 3.8) is 0 Å². The van der Waals surface area contributed by atoms with Crippen molar-refractivity contribution in [2.75, 3.05) is 33.3 Å². The summed E-state index contributed by atoms with van der Waals surface area (Å²) >= 11 is 0. The molecule has 1 saturated carbocycles. The van der Waals surface area contributed by atoms with Crippen molar-refractivity contribution in [3.05, 3.63) is 23.9 Å². The highest BCUT2D eigenvalue weighted by Crippen LogP contribution is 2.32. The number of rotatable bonds is 7. The molecule has 1 aromatic heterocycles. The molecule has 2 heterocycles. The van der Waals surface area contributed by atoms with Crippen molar-refractivity contribution in [1.29, 1.82) is 0 Å². The Bertz CT molecular complexity index is 787. The lowest BCUT2D eigenvalue weighted by Crippen LogP contribution is -2.52. The first-order valence-electron chi connectivity index (χ1n) is 11.8. The number of ether oxygens (including phenoxy) is 2. The standard InChI is InChI=1S/C24H39N5O3.HI/c1-6-25-22(27-16-19-9-12-26-21(15-19)31-5)28-13-10-20(11-14-28)29(17-18-7-8-18)23(30)32-24(2,3)4;/h9,12,15,18,20H,6-8,10-11,13-14,16-17H2,1-5H3,(H,25,27);1H. The smallest absolute Gasteiger partial charge is 0.410 e. The first-order valence-corrected chi connectivity index (χ1v) is 11.8. The molecule has 0 bridgehead atoms. The van der Waals surface area contributed by atoms with Crippen LogP contribution < -0.4 is 10.1 Å². The van der Waals surface area contributed by atoms with Crippen LogP contribution in [0.5, 0.6) is 5.88 Å². The SMILES string of the molecule is CCNC(=NCc1ccnc(OC)c1)N1CCC(N(CC2CC2)C(=O)OC(C)(C)C)CC1.I. The number of amides is 1. The van der Waals surface area contributed by atoms with Crippen LogP contribution >= 0.6 is 24.0 Å². The Kier molecular flexibility index (Phi) is 10.5. The zero-order chi connectivity index (χ0) is 23.1. The second-order valence-corrected chi connectivity index (χ2v) is 9.67. The normalized spacial score (nSPS) is 17.2. The van der Waals surface area contributed by atoms with Crippen LogP contribution in [0.2, 0.25) is 0 Å². The number of guanidine groups is 1. The fourth-order valence-corrected chi connectivity index (χ4v) is 3.91. The number of carbonyl (C=O) groups is 1. The van der Waals surface area contributed by atoms with Crippen molar-refractivity contribution in [1.82, 2.24) is 20.1 Å². The van der Waals surface area contributed by atoms with Gasteiger partial charge in [0.15, 0.2) is 5.96 Å². The average molecular weight is 574 g/mol. The molecule has 3 rings (SSSR count). The third kappa shape index (κ3) is 8.83. The van der Waals surface area contributed by atoms with E-state index in [1.54, 1.807) is 13.3 Å². The third-order valence-electron chi connectivity index (χ3n) is 5.74. The Morgan fingerprint density at radius 2 is 1.97 bits per heavy atom. The Balaban J connectivity index is 0.00000385. The topological polar surface area (TPSA) is 79.3 Å². The van der Waals surface area contributed by atoms with Gasteiger partial charge >= 0.3 is 6.09 Å². The van der Waals surface area contributed by atoms with Crippen LogP contribution in [0.4, 0.5) is 4.79 Å². The van der Waals surface area contributed by atoms with Gasteiger partial charge in [-0.15, -0.1) is 24.0 Å². The van der Waals surface area contributed by atoms with Gasteiger partial charge in [0.25, 0.3) is 0 Å². The first kappa shape index (κ1) is 27.5. The fourth-order valence-electron chi connectivity index (χ4n) is 3.91. The molecular formula is C24H40IN5O3. The number of hydrogen-bond donors (Lipinski definition) is 1. The number of piperidine rings is 1. The lowest BCUT2D eigenvalue weighted by molar-refractivity contribution is 0.00928. The lowest BCUT2D eigenvalue weighted by atomic mass is 10.0. The molecule has 2 fully saturated rings. The summed E-state index contributed by atoms with van der Waals surface area (Å²) < 4.78 is 10.9. The van der Waals surface area contributed by atoms with Gasteiger partial charge < -0.3 is 24.6 Å². The lowest BCUT2D eigenvalue weighted by Gasteiger charge is -2.40. The van der Waals surface area contributed by atoms with E-state index in [0.717, 1.165) is 50.5 Å². The van der Waals surface area contributed by atoms with Gasteiger partial charge in [-0.05, 0) is 70.9 Å². The van der Waals surface area contributed by atoms with Gasteiger partial charge in [-0.3, -0.25) is 0 Å². The quantitative estimate of drug-likeness (QED) is 0.298. The van der Waals surface area contributed by atoms with E-state index in [4.69, 9.17) is 14.5 Å². The summed E-state index contributed by atoms with van der Waals surface area (Å²) in [6.45, 7) is 11.8. The summed E-state index contributed by atoms with van der Waals surface area (Å²) in [6, 6.07) is 4.09. The van der Waals surface area contributed by atoms with Crippen LogP contribution in [-0.4, -0.2) is 71.8 Å². The molecule has 0 aromatic carbocycles. The Morgan fingerprint density at radius 1 is 1.27 bits per heavy atom. The van der Waals surface area contributed by atoms with Crippen LogP contribution in [-0.2, 0) is 11.3 Å². The van der Waals surface area contributed by atoms with Crippen LogP contribution in [0.1, 0.15) is 58.9 Å². The molecule has 0 radical (unpaired) electrons. The number of nitrogens with zero attached hydrogens (tertiary/aromatic N) is 4. The monoisotopic (exact) mass is 573 g/mol. The Labute approximate surface area is 215 Å². The van der Waals surface area contributed by atoms with Crippen molar-refractivity contribution in [3.8, 4) is 5.88 Å². The summed E-state index contributed by atoms with van der Waals surface area (Å²) in [5.41, 5.74) is 0.586. The molecule has 2 aliphatic rings. The number of nitrogens with one attached hydrogen (secondary N) is 1. The number of hydrogen-bond acceptors (Lipinski definition) is 5. The molecule has 0 atom stereocenters. The van der Waals surface area contributed by atoms with E-state index in [9.17, 15) is 4.79 Å². The fraction of sp³-hybridized carbons (Fsp3) is 0.708. The maximum atomic E-state index is 12.9. The van der Waals surface area contributed by atoms with E-state index in [1.165, 1.54) is 12.8 Å². The van der Waals surface area contributed by atoms with Gasteiger partial charge in [0, 0.05) is 44.5 Å². The Hall–Kier alpha value is -1.78. The predicted octanol–water partition coefficient (Wildman–Crippen LogP) is 4.29. The van der Waals surface area contributed by atoms with Crippen molar-refractivity contribution >= 4 is 36.0 Å². The van der Waals surface area contributed by atoms with Gasteiger partial charge in [0.05, 0.1) is 13.7 Å². The molecule has 9 heteroatoms. The van der Waals surface area contributed by atoms with Crippen molar-refractivity contribution < 1.29 is 14.3 Å². The minimum atomic E-state index is -0.472. The number of aliphatic imine (C=N–C) groups is 1. The molecule has 1 N–H and O–H groups in total. The molecule has 1 saturated heterocycles. The van der Waals surface area contributed by atoms with Gasteiger partial charge in [-0.25, -0.2) is 14.8 Å². The van der Waals surface area contributed by atoms with Crippen molar-refractivity contribution in [2.45, 2.75) is 71.6 Å². The molecule has 0 spiro atoms. The number of methoxy groups -OCH3 is 1. The highest BCUT2D eigenvalue weighted by Gasteiger charge is 2.35. The van der Waals surface area contributed by atoms with Crippen LogP contribution in [0.15, 0.2) is 23.3 Å². The first-order chi connectivity index (χ1) is 15.3. The number of carbonyl (C=O) groups excluding carboxylic acids is 1. The molecule has 1 amide bonds. The maximum absolute atomic E-state index is 12.9. The summed E-state index contributed by atoms with van der Waals surface area (Å²) in [6.07, 6.45) is 5.84. The molecule has 1 aliphatic heterocycles.